The molecule has 172 valence electrons. The number of hydrogen-bond acceptors (Lipinski definition) is 6. The average Bonchev–Trinajstić information content (AvgIpc) is 2.81. The van der Waals surface area contributed by atoms with Crippen LogP contribution in [0.4, 0.5) is 4.39 Å². The lowest BCUT2D eigenvalue weighted by atomic mass is 9.96. The van der Waals surface area contributed by atoms with Gasteiger partial charge in [0.2, 0.25) is 5.91 Å². The fraction of sp³-hybridized carbons (Fsp3) is 0.478. The van der Waals surface area contributed by atoms with Crippen molar-refractivity contribution in [2.75, 3.05) is 52.6 Å². The minimum atomic E-state index is -0.812. The van der Waals surface area contributed by atoms with E-state index in [1.54, 1.807) is 30.3 Å². The van der Waals surface area contributed by atoms with Gasteiger partial charge in [-0.3, -0.25) is 14.7 Å². The minimum absolute atomic E-state index is 0.0229. The number of hydrogen-bond donors (Lipinski definition) is 0. The number of halogens is 2. The number of benzene rings is 1. The van der Waals surface area contributed by atoms with Crippen LogP contribution in [0.2, 0.25) is 5.02 Å². The Labute approximate surface area is 192 Å². The molecule has 1 unspecified atom stereocenters. The minimum Gasteiger partial charge on any atom is -0.491 e. The summed E-state index contributed by atoms with van der Waals surface area (Å²) in [5.41, 5.74) is -0.0480. The van der Waals surface area contributed by atoms with E-state index in [4.69, 9.17) is 25.8 Å². The van der Waals surface area contributed by atoms with Crippen molar-refractivity contribution >= 4 is 17.5 Å². The number of rotatable bonds is 7. The molecule has 0 saturated carbocycles. The van der Waals surface area contributed by atoms with Crippen molar-refractivity contribution < 1.29 is 23.4 Å². The van der Waals surface area contributed by atoms with Gasteiger partial charge in [0.25, 0.3) is 0 Å². The third kappa shape index (κ3) is 6.16. The van der Waals surface area contributed by atoms with Gasteiger partial charge in [-0.1, -0.05) is 11.6 Å². The number of pyridine rings is 1. The van der Waals surface area contributed by atoms with Crippen molar-refractivity contribution in [1.29, 1.82) is 0 Å². The Morgan fingerprint density at radius 3 is 2.62 bits per heavy atom. The molecule has 0 radical (unpaired) electrons. The van der Waals surface area contributed by atoms with Crippen molar-refractivity contribution in [3.8, 4) is 5.75 Å². The zero-order valence-corrected chi connectivity index (χ0v) is 18.6. The molecule has 0 aliphatic carbocycles. The van der Waals surface area contributed by atoms with E-state index in [-0.39, 0.29) is 24.8 Å². The van der Waals surface area contributed by atoms with E-state index in [1.165, 1.54) is 12.3 Å². The Bertz CT molecular complexity index is 893. The zero-order chi connectivity index (χ0) is 22.4. The fourth-order valence-electron chi connectivity index (χ4n) is 3.98. The largest absolute Gasteiger partial charge is 0.491 e. The van der Waals surface area contributed by atoms with Gasteiger partial charge in [-0.2, -0.15) is 0 Å². The summed E-state index contributed by atoms with van der Waals surface area (Å²) in [5, 5.41) is 0.626. The fourth-order valence-corrected chi connectivity index (χ4v) is 4.10. The standard InChI is InChI=1S/C23H27ClFN3O4/c24-18-1-5-21(6-2-18)31-17-23(13-22(29)28-8-10-30-11-9-28)16-27(7-12-32-23)15-20-4-3-19(25)14-26-20/h1-6,14H,7-13,15-17H2. The highest BCUT2D eigenvalue weighted by Crippen LogP contribution is 2.27. The zero-order valence-electron chi connectivity index (χ0n) is 17.8. The first kappa shape index (κ1) is 22.9. The van der Waals surface area contributed by atoms with Crippen molar-refractivity contribution in [2.45, 2.75) is 18.6 Å². The Morgan fingerprint density at radius 1 is 1.12 bits per heavy atom. The molecule has 0 N–H and O–H groups in total. The van der Waals surface area contributed by atoms with Crippen LogP contribution in [0, 0.1) is 5.82 Å². The van der Waals surface area contributed by atoms with Crippen molar-refractivity contribution in [3.05, 3.63) is 59.1 Å². The second-order valence-electron chi connectivity index (χ2n) is 8.12. The second-order valence-corrected chi connectivity index (χ2v) is 8.56. The van der Waals surface area contributed by atoms with Gasteiger partial charge in [0.15, 0.2) is 0 Å². The van der Waals surface area contributed by atoms with Crippen LogP contribution in [0.1, 0.15) is 12.1 Å². The van der Waals surface area contributed by atoms with Crippen LogP contribution in [0.3, 0.4) is 0 Å². The van der Waals surface area contributed by atoms with Gasteiger partial charge in [0.1, 0.15) is 23.8 Å². The van der Waals surface area contributed by atoms with Gasteiger partial charge < -0.3 is 19.1 Å². The van der Waals surface area contributed by atoms with Gasteiger partial charge >= 0.3 is 0 Å². The first-order valence-electron chi connectivity index (χ1n) is 10.7. The normalized spacial score (nSPS) is 22.0. The number of carbonyl (C=O) groups is 1. The molecule has 1 atom stereocenters. The number of aromatic nitrogens is 1. The summed E-state index contributed by atoms with van der Waals surface area (Å²) in [6.07, 6.45) is 1.42. The molecular weight excluding hydrogens is 437 g/mol. The number of amides is 1. The van der Waals surface area contributed by atoms with Crippen LogP contribution in [0.25, 0.3) is 0 Å². The molecule has 1 aromatic heterocycles. The molecule has 32 heavy (non-hydrogen) atoms. The van der Waals surface area contributed by atoms with Gasteiger partial charge in [0.05, 0.1) is 38.1 Å². The molecule has 4 rings (SSSR count). The summed E-state index contributed by atoms with van der Waals surface area (Å²) in [7, 11) is 0. The Hall–Kier alpha value is -2.26. The lowest BCUT2D eigenvalue weighted by molar-refractivity contribution is -0.159. The molecule has 3 heterocycles. The molecule has 0 spiro atoms. The van der Waals surface area contributed by atoms with E-state index in [1.807, 2.05) is 4.90 Å². The molecular formula is C23H27ClFN3O4. The number of ether oxygens (including phenoxy) is 3. The summed E-state index contributed by atoms with van der Waals surface area (Å²) in [6, 6.07) is 10.2. The van der Waals surface area contributed by atoms with Crippen molar-refractivity contribution in [1.82, 2.24) is 14.8 Å². The SMILES string of the molecule is O=C(CC1(COc2ccc(Cl)cc2)CN(Cc2ccc(F)cn2)CCO1)N1CCOCC1. The van der Waals surface area contributed by atoms with Crippen LogP contribution < -0.4 is 4.74 Å². The third-order valence-electron chi connectivity index (χ3n) is 5.65. The predicted molar refractivity (Wildman–Crippen MR) is 117 cm³/mol. The summed E-state index contributed by atoms with van der Waals surface area (Å²) in [6.45, 7) is 4.65. The van der Waals surface area contributed by atoms with E-state index >= 15 is 0 Å². The highest BCUT2D eigenvalue weighted by molar-refractivity contribution is 6.30. The third-order valence-corrected chi connectivity index (χ3v) is 5.91. The highest BCUT2D eigenvalue weighted by atomic mass is 35.5. The lowest BCUT2D eigenvalue weighted by Gasteiger charge is -2.43. The van der Waals surface area contributed by atoms with E-state index in [0.29, 0.717) is 63.3 Å². The molecule has 1 aromatic carbocycles. The quantitative estimate of drug-likeness (QED) is 0.629. The molecule has 2 aliphatic heterocycles. The summed E-state index contributed by atoms with van der Waals surface area (Å²) >= 11 is 5.97. The molecule has 2 aliphatic rings. The predicted octanol–water partition coefficient (Wildman–Crippen LogP) is 2.77. The molecule has 2 saturated heterocycles. The molecule has 2 aromatic rings. The number of nitrogens with zero attached hydrogens (tertiary/aromatic N) is 3. The van der Waals surface area contributed by atoms with Crippen LogP contribution in [-0.4, -0.2) is 78.9 Å². The maximum atomic E-state index is 13.2. The van der Waals surface area contributed by atoms with Crippen LogP contribution >= 0.6 is 11.6 Å². The molecule has 7 nitrogen and oxygen atoms in total. The molecule has 9 heteroatoms. The van der Waals surface area contributed by atoms with Gasteiger partial charge in [-0.15, -0.1) is 0 Å². The average molecular weight is 464 g/mol. The van der Waals surface area contributed by atoms with Crippen LogP contribution in [0.5, 0.6) is 5.75 Å². The van der Waals surface area contributed by atoms with Crippen molar-refractivity contribution in [2.24, 2.45) is 0 Å². The summed E-state index contributed by atoms with van der Waals surface area (Å²) in [4.78, 5) is 21.2. The van der Waals surface area contributed by atoms with Crippen LogP contribution in [-0.2, 0) is 20.8 Å². The first-order chi connectivity index (χ1) is 15.5. The van der Waals surface area contributed by atoms with E-state index in [0.717, 1.165) is 5.69 Å². The maximum Gasteiger partial charge on any atom is 0.225 e. The maximum absolute atomic E-state index is 13.2. The molecule has 1 amide bonds. The van der Waals surface area contributed by atoms with Gasteiger partial charge in [-0.05, 0) is 36.4 Å². The first-order valence-corrected chi connectivity index (χ1v) is 11.1. The summed E-state index contributed by atoms with van der Waals surface area (Å²) < 4.78 is 30.8. The summed E-state index contributed by atoms with van der Waals surface area (Å²) in [5.74, 6) is 0.320. The Morgan fingerprint density at radius 2 is 1.91 bits per heavy atom. The van der Waals surface area contributed by atoms with Crippen LogP contribution in [0.15, 0.2) is 42.6 Å². The molecule has 2 fully saturated rings. The monoisotopic (exact) mass is 463 g/mol. The number of carbonyl (C=O) groups excluding carboxylic acids is 1. The van der Waals surface area contributed by atoms with E-state index in [9.17, 15) is 9.18 Å². The smallest absolute Gasteiger partial charge is 0.225 e. The number of morpholine rings is 2. The van der Waals surface area contributed by atoms with Gasteiger partial charge in [0, 0.05) is 37.7 Å². The Kier molecular flexibility index (Phi) is 7.57. The molecule has 0 bridgehead atoms. The van der Waals surface area contributed by atoms with E-state index < -0.39 is 5.60 Å². The highest BCUT2D eigenvalue weighted by Gasteiger charge is 2.41. The lowest BCUT2D eigenvalue weighted by Crippen LogP contribution is -2.57. The van der Waals surface area contributed by atoms with Gasteiger partial charge in [-0.25, -0.2) is 4.39 Å². The second kappa shape index (κ2) is 10.6. The topological polar surface area (TPSA) is 64.1 Å². The Balaban J connectivity index is 1.47. The van der Waals surface area contributed by atoms with E-state index in [2.05, 4.69) is 9.88 Å². The van der Waals surface area contributed by atoms with Crippen molar-refractivity contribution in [3.63, 3.8) is 0 Å².